The molecule has 1 aromatic carbocycles. The highest BCUT2D eigenvalue weighted by atomic mass is 32.2. The largest absolute Gasteiger partial charge is 0.463 e. The van der Waals surface area contributed by atoms with Crippen molar-refractivity contribution in [2.75, 3.05) is 12.9 Å². The van der Waals surface area contributed by atoms with Gasteiger partial charge in [0.2, 0.25) is 0 Å². The highest BCUT2D eigenvalue weighted by Crippen LogP contribution is 2.28. The molecule has 0 fully saturated rings. The fraction of sp³-hybridized carbons (Fsp3) is 0.333. The normalized spacial score (nSPS) is 18.2. The van der Waals surface area contributed by atoms with Gasteiger partial charge < -0.3 is 15.4 Å². The fourth-order valence-corrected chi connectivity index (χ4v) is 2.96. The maximum atomic E-state index is 12.2. The van der Waals surface area contributed by atoms with Gasteiger partial charge in [-0.3, -0.25) is 0 Å². The maximum Gasteiger partial charge on any atom is 0.338 e. The second-order valence-corrected chi connectivity index (χ2v) is 7.15. The van der Waals surface area contributed by atoms with Gasteiger partial charge in [0.1, 0.15) is 0 Å². The van der Waals surface area contributed by atoms with E-state index in [1.807, 2.05) is 0 Å². The number of nitrogens with one attached hydrogen (secondary N) is 2. The SMILES string of the molecule is CCOC(=O)C1=C(C)NC(=O)NC1c1ccc(S(C)(=O)=O)cc1. The van der Waals surface area contributed by atoms with Crippen LogP contribution in [0.3, 0.4) is 0 Å². The van der Waals surface area contributed by atoms with E-state index in [1.165, 1.54) is 12.1 Å². The molecule has 1 heterocycles. The fourth-order valence-electron chi connectivity index (χ4n) is 2.33. The quantitative estimate of drug-likeness (QED) is 0.805. The van der Waals surface area contributed by atoms with Crippen molar-refractivity contribution in [1.82, 2.24) is 10.6 Å². The molecule has 1 aliphatic rings. The van der Waals surface area contributed by atoms with Crippen LogP contribution >= 0.6 is 0 Å². The van der Waals surface area contributed by atoms with Crippen LogP contribution in [0.25, 0.3) is 0 Å². The number of hydrogen-bond acceptors (Lipinski definition) is 5. The Bertz CT molecular complexity index is 766. The van der Waals surface area contributed by atoms with E-state index in [2.05, 4.69) is 10.6 Å². The summed E-state index contributed by atoms with van der Waals surface area (Å²) >= 11 is 0. The second-order valence-electron chi connectivity index (χ2n) is 5.13. The van der Waals surface area contributed by atoms with Gasteiger partial charge in [-0.25, -0.2) is 18.0 Å². The summed E-state index contributed by atoms with van der Waals surface area (Å²) in [5, 5.41) is 5.19. The summed E-state index contributed by atoms with van der Waals surface area (Å²) < 4.78 is 28.1. The molecule has 1 aliphatic heterocycles. The van der Waals surface area contributed by atoms with E-state index in [9.17, 15) is 18.0 Å². The van der Waals surface area contributed by atoms with E-state index < -0.39 is 27.9 Å². The average molecular weight is 338 g/mol. The zero-order chi connectivity index (χ0) is 17.2. The van der Waals surface area contributed by atoms with E-state index in [4.69, 9.17) is 4.74 Å². The highest BCUT2D eigenvalue weighted by Gasteiger charge is 2.32. The van der Waals surface area contributed by atoms with E-state index in [-0.39, 0.29) is 11.5 Å². The Morgan fingerprint density at radius 3 is 2.39 bits per heavy atom. The number of urea groups is 1. The van der Waals surface area contributed by atoms with Gasteiger partial charge in [0, 0.05) is 12.0 Å². The summed E-state index contributed by atoms with van der Waals surface area (Å²) in [5.74, 6) is -0.533. The zero-order valence-electron chi connectivity index (χ0n) is 13.0. The van der Waals surface area contributed by atoms with Gasteiger partial charge in [-0.05, 0) is 31.5 Å². The third kappa shape index (κ3) is 3.70. The molecule has 0 aliphatic carbocycles. The number of allylic oxidation sites excluding steroid dienone is 1. The standard InChI is InChI=1S/C15H18N2O5S/c1-4-22-14(18)12-9(2)16-15(19)17-13(12)10-5-7-11(8-6-10)23(3,20)21/h5-8,13H,4H2,1-3H3,(H2,16,17,19). The summed E-state index contributed by atoms with van der Waals surface area (Å²) in [6, 6.07) is 4.89. The molecule has 0 aromatic heterocycles. The third-order valence-electron chi connectivity index (χ3n) is 3.41. The number of ether oxygens (including phenoxy) is 1. The molecule has 2 amide bonds. The lowest BCUT2D eigenvalue weighted by Gasteiger charge is -2.28. The molecular formula is C15H18N2O5S. The van der Waals surface area contributed by atoms with Gasteiger partial charge in [-0.1, -0.05) is 12.1 Å². The Morgan fingerprint density at radius 2 is 1.87 bits per heavy atom. The Labute approximate surface area is 134 Å². The van der Waals surface area contributed by atoms with Crippen molar-refractivity contribution >= 4 is 21.8 Å². The molecular weight excluding hydrogens is 320 g/mol. The molecule has 23 heavy (non-hydrogen) atoms. The van der Waals surface area contributed by atoms with Gasteiger partial charge in [-0.15, -0.1) is 0 Å². The molecule has 124 valence electrons. The Morgan fingerprint density at radius 1 is 1.26 bits per heavy atom. The van der Waals surface area contributed by atoms with Crippen molar-refractivity contribution in [2.45, 2.75) is 24.8 Å². The van der Waals surface area contributed by atoms with Crippen molar-refractivity contribution in [3.8, 4) is 0 Å². The number of sulfone groups is 1. The topological polar surface area (TPSA) is 102 Å². The Kier molecular flexibility index (Phi) is 4.74. The summed E-state index contributed by atoms with van der Waals surface area (Å²) in [6.07, 6.45) is 1.11. The van der Waals surface area contributed by atoms with Gasteiger partial charge in [0.25, 0.3) is 0 Å². The van der Waals surface area contributed by atoms with E-state index in [0.717, 1.165) is 6.26 Å². The van der Waals surface area contributed by atoms with Crippen molar-refractivity contribution in [3.05, 3.63) is 41.1 Å². The van der Waals surface area contributed by atoms with Crippen LogP contribution in [-0.4, -0.2) is 33.3 Å². The minimum absolute atomic E-state index is 0.167. The minimum Gasteiger partial charge on any atom is -0.463 e. The van der Waals surface area contributed by atoms with Crippen molar-refractivity contribution < 1.29 is 22.7 Å². The maximum absolute atomic E-state index is 12.2. The van der Waals surface area contributed by atoms with Crippen LogP contribution in [0.5, 0.6) is 0 Å². The van der Waals surface area contributed by atoms with Gasteiger partial charge in [0.15, 0.2) is 9.84 Å². The minimum atomic E-state index is -3.31. The molecule has 0 saturated carbocycles. The first kappa shape index (κ1) is 17.0. The van der Waals surface area contributed by atoms with Crippen molar-refractivity contribution in [3.63, 3.8) is 0 Å². The summed E-state index contributed by atoms with van der Waals surface area (Å²) in [5.41, 5.74) is 1.29. The predicted molar refractivity (Wildman–Crippen MR) is 83.3 cm³/mol. The summed E-state index contributed by atoms with van der Waals surface area (Å²) in [4.78, 5) is 24.0. The first-order valence-corrected chi connectivity index (χ1v) is 8.88. The smallest absolute Gasteiger partial charge is 0.338 e. The number of rotatable bonds is 4. The molecule has 2 N–H and O–H groups in total. The predicted octanol–water partition coefficient (Wildman–Crippen LogP) is 1.28. The Balaban J connectivity index is 2.44. The zero-order valence-corrected chi connectivity index (χ0v) is 13.9. The lowest BCUT2D eigenvalue weighted by molar-refractivity contribution is -0.139. The van der Waals surface area contributed by atoms with Crippen LogP contribution in [0.15, 0.2) is 40.4 Å². The molecule has 7 nitrogen and oxygen atoms in total. The van der Waals surface area contributed by atoms with E-state index >= 15 is 0 Å². The van der Waals surface area contributed by atoms with Gasteiger partial charge >= 0.3 is 12.0 Å². The summed E-state index contributed by atoms with van der Waals surface area (Å²) in [7, 11) is -3.31. The first-order valence-electron chi connectivity index (χ1n) is 6.99. The number of carbonyl (C=O) groups is 2. The number of carbonyl (C=O) groups excluding carboxylic acids is 2. The third-order valence-corrected chi connectivity index (χ3v) is 4.53. The molecule has 0 bridgehead atoms. The van der Waals surface area contributed by atoms with Crippen LogP contribution in [0.1, 0.15) is 25.5 Å². The van der Waals surface area contributed by atoms with Crippen LogP contribution < -0.4 is 10.6 Å². The number of benzene rings is 1. The monoisotopic (exact) mass is 338 g/mol. The second kappa shape index (κ2) is 6.41. The molecule has 0 saturated heterocycles. The molecule has 8 heteroatoms. The van der Waals surface area contributed by atoms with Crippen LogP contribution in [0, 0.1) is 0 Å². The lowest BCUT2D eigenvalue weighted by Crippen LogP contribution is -2.45. The number of esters is 1. The number of amides is 2. The van der Waals surface area contributed by atoms with Gasteiger partial charge in [-0.2, -0.15) is 0 Å². The van der Waals surface area contributed by atoms with Crippen molar-refractivity contribution in [2.24, 2.45) is 0 Å². The van der Waals surface area contributed by atoms with Crippen LogP contribution in [0.2, 0.25) is 0 Å². The molecule has 1 atom stereocenters. The van der Waals surface area contributed by atoms with Gasteiger partial charge in [0.05, 0.1) is 23.1 Å². The molecule has 2 rings (SSSR count). The van der Waals surface area contributed by atoms with Crippen LogP contribution in [0.4, 0.5) is 4.79 Å². The summed E-state index contributed by atoms with van der Waals surface area (Å²) in [6.45, 7) is 3.52. The average Bonchev–Trinajstić information content (AvgIpc) is 2.45. The molecule has 0 spiro atoms. The first-order chi connectivity index (χ1) is 10.7. The number of hydrogen-bond donors (Lipinski definition) is 2. The van der Waals surface area contributed by atoms with E-state index in [0.29, 0.717) is 16.8 Å². The Hall–Kier alpha value is -2.35. The molecule has 1 unspecified atom stereocenters. The highest BCUT2D eigenvalue weighted by molar-refractivity contribution is 7.90. The molecule has 0 radical (unpaired) electrons. The van der Waals surface area contributed by atoms with Crippen molar-refractivity contribution in [1.29, 1.82) is 0 Å². The lowest BCUT2D eigenvalue weighted by atomic mass is 9.96. The molecule has 1 aromatic rings. The van der Waals surface area contributed by atoms with Crippen LogP contribution in [-0.2, 0) is 19.4 Å². The van der Waals surface area contributed by atoms with E-state index in [1.54, 1.807) is 26.0 Å².